The van der Waals surface area contributed by atoms with E-state index in [1.54, 1.807) is 12.1 Å². The van der Waals surface area contributed by atoms with E-state index in [4.69, 9.17) is 4.74 Å². The largest absolute Gasteiger partial charge is 0.484 e. The van der Waals surface area contributed by atoms with E-state index in [0.29, 0.717) is 10.2 Å². The normalized spacial score (nSPS) is 11.4. The highest BCUT2D eigenvalue weighted by Crippen LogP contribution is 2.31. The number of para-hydroxylation sites is 1. The minimum Gasteiger partial charge on any atom is -0.484 e. The van der Waals surface area contributed by atoms with E-state index >= 15 is 0 Å². The number of halogens is 1. The van der Waals surface area contributed by atoms with E-state index in [1.165, 1.54) is 17.4 Å². The Labute approximate surface area is 135 Å². The summed E-state index contributed by atoms with van der Waals surface area (Å²) in [6.45, 7) is 6.55. The summed E-state index contributed by atoms with van der Waals surface area (Å²) in [5, 5.41) is 12.0. The Morgan fingerprint density at radius 3 is 2.71 bits per heavy atom. The van der Waals surface area contributed by atoms with Crippen molar-refractivity contribution < 1.29 is 14.6 Å². The molecular formula is C15H16BrNO3S. The van der Waals surface area contributed by atoms with Gasteiger partial charge in [0.2, 0.25) is 0 Å². The lowest BCUT2D eigenvalue weighted by Gasteiger charge is -2.14. The average molecular weight is 370 g/mol. The molecule has 0 fully saturated rings. The molecule has 2 aromatic rings. The van der Waals surface area contributed by atoms with Crippen LogP contribution >= 0.6 is 27.3 Å². The van der Waals surface area contributed by atoms with Gasteiger partial charge < -0.3 is 9.84 Å². The first-order chi connectivity index (χ1) is 9.79. The van der Waals surface area contributed by atoms with Gasteiger partial charge in [0.15, 0.2) is 0 Å². The molecule has 0 amide bonds. The number of carboxylic acids is 1. The van der Waals surface area contributed by atoms with Crippen molar-refractivity contribution in [2.75, 3.05) is 0 Å². The second kappa shape index (κ2) is 6.15. The summed E-state index contributed by atoms with van der Waals surface area (Å²) in [5.41, 5.74) is 1.14. The van der Waals surface area contributed by atoms with E-state index in [1.807, 2.05) is 5.38 Å². The van der Waals surface area contributed by atoms with Crippen LogP contribution in [0.15, 0.2) is 28.1 Å². The molecule has 0 radical (unpaired) electrons. The molecule has 0 unspecified atom stereocenters. The zero-order chi connectivity index (χ0) is 15.6. The minimum absolute atomic E-state index is 0.00565. The monoisotopic (exact) mass is 369 g/mol. The van der Waals surface area contributed by atoms with Crippen molar-refractivity contribution in [3.05, 3.63) is 44.3 Å². The summed E-state index contributed by atoms with van der Waals surface area (Å²) in [6, 6.07) is 4.94. The summed E-state index contributed by atoms with van der Waals surface area (Å²) in [7, 11) is 0. The SMILES string of the molecule is CC(C)(C)c1csc(COc2c(Br)cccc2C(=O)O)n1. The fourth-order valence-corrected chi connectivity index (χ4v) is 3.09. The Morgan fingerprint density at radius 2 is 2.14 bits per heavy atom. The first-order valence-corrected chi connectivity index (χ1v) is 8.06. The number of ether oxygens (including phenoxy) is 1. The molecular weight excluding hydrogens is 354 g/mol. The molecule has 112 valence electrons. The molecule has 0 saturated carbocycles. The lowest BCUT2D eigenvalue weighted by Crippen LogP contribution is -2.11. The molecule has 1 N–H and O–H groups in total. The van der Waals surface area contributed by atoms with Crippen molar-refractivity contribution in [3.63, 3.8) is 0 Å². The van der Waals surface area contributed by atoms with Crippen LogP contribution in [0.4, 0.5) is 0 Å². The van der Waals surface area contributed by atoms with Gasteiger partial charge in [0.05, 0.1) is 10.2 Å². The van der Waals surface area contributed by atoms with Gasteiger partial charge in [-0.15, -0.1) is 11.3 Å². The van der Waals surface area contributed by atoms with Crippen LogP contribution in [0, 0.1) is 0 Å². The van der Waals surface area contributed by atoms with Gasteiger partial charge in [-0.2, -0.15) is 0 Å². The Bertz CT molecular complexity index is 661. The van der Waals surface area contributed by atoms with Crippen LogP contribution in [0.1, 0.15) is 41.8 Å². The topological polar surface area (TPSA) is 59.4 Å². The van der Waals surface area contributed by atoms with E-state index < -0.39 is 5.97 Å². The van der Waals surface area contributed by atoms with Crippen molar-refractivity contribution in [3.8, 4) is 5.75 Å². The highest BCUT2D eigenvalue weighted by atomic mass is 79.9. The number of thiazole rings is 1. The number of rotatable bonds is 4. The standard InChI is InChI=1S/C15H16BrNO3S/c1-15(2,3)11-8-21-12(17-11)7-20-13-9(14(18)19)5-4-6-10(13)16/h4-6,8H,7H2,1-3H3,(H,18,19). The molecule has 1 heterocycles. The molecule has 0 bridgehead atoms. The molecule has 0 saturated heterocycles. The van der Waals surface area contributed by atoms with E-state index in [9.17, 15) is 9.90 Å². The first-order valence-electron chi connectivity index (χ1n) is 6.38. The maximum Gasteiger partial charge on any atom is 0.339 e. The summed E-state index contributed by atoms with van der Waals surface area (Å²) in [6.07, 6.45) is 0. The van der Waals surface area contributed by atoms with Crippen LogP contribution in [0.5, 0.6) is 5.75 Å². The molecule has 0 aliphatic rings. The molecule has 0 spiro atoms. The Balaban J connectivity index is 2.17. The van der Waals surface area contributed by atoms with Gasteiger partial charge in [-0.3, -0.25) is 0 Å². The van der Waals surface area contributed by atoms with Gasteiger partial charge in [-0.25, -0.2) is 9.78 Å². The third kappa shape index (κ3) is 3.83. The Morgan fingerprint density at radius 1 is 1.43 bits per heavy atom. The summed E-state index contributed by atoms with van der Waals surface area (Å²) >= 11 is 4.84. The fourth-order valence-electron chi connectivity index (χ4n) is 1.68. The maximum atomic E-state index is 11.2. The molecule has 6 heteroatoms. The second-order valence-electron chi connectivity index (χ2n) is 5.59. The summed E-state index contributed by atoms with van der Waals surface area (Å²) < 4.78 is 6.28. The third-order valence-electron chi connectivity index (χ3n) is 2.86. The van der Waals surface area contributed by atoms with Crippen LogP contribution in [0.2, 0.25) is 0 Å². The first kappa shape index (κ1) is 16.0. The number of aromatic nitrogens is 1. The van der Waals surface area contributed by atoms with E-state index in [0.717, 1.165) is 10.7 Å². The van der Waals surface area contributed by atoms with E-state index in [2.05, 4.69) is 41.7 Å². The molecule has 4 nitrogen and oxygen atoms in total. The smallest absolute Gasteiger partial charge is 0.339 e. The molecule has 2 rings (SSSR count). The van der Waals surface area contributed by atoms with Crippen LogP contribution < -0.4 is 4.74 Å². The zero-order valence-corrected chi connectivity index (χ0v) is 14.4. The number of aromatic carboxylic acids is 1. The van der Waals surface area contributed by atoms with Gasteiger partial charge in [0, 0.05) is 10.8 Å². The number of carboxylic acid groups (broad SMARTS) is 1. The number of hydrogen-bond donors (Lipinski definition) is 1. The molecule has 21 heavy (non-hydrogen) atoms. The average Bonchev–Trinajstić information content (AvgIpc) is 2.85. The number of nitrogens with zero attached hydrogens (tertiary/aromatic N) is 1. The maximum absolute atomic E-state index is 11.2. The molecule has 0 aliphatic heterocycles. The highest BCUT2D eigenvalue weighted by molar-refractivity contribution is 9.10. The lowest BCUT2D eigenvalue weighted by molar-refractivity contribution is 0.0691. The Hall–Kier alpha value is -1.40. The number of hydrogen-bond acceptors (Lipinski definition) is 4. The molecule has 1 aromatic heterocycles. The lowest BCUT2D eigenvalue weighted by atomic mass is 9.93. The van der Waals surface area contributed by atoms with Gasteiger partial charge in [-0.05, 0) is 28.1 Å². The van der Waals surface area contributed by atoms with Crippen LogP contribution in [0.3, 0.4) is 0 Å². The minimum atomic E-state index is -1.01. The van der Waals surface area contributed by atoms with Gasteiger partial charge in [0.1, 0.15) is 22.9 Å². The number of benzene rings is 1. The van der Waals surface area contributed by atoms with Gasteiger partial charge >= 0.3 is 5.97 Å². The third-order valence-corrected chi connectivity index (χ3v) is 4.30. The predicted molar refractivity (Wildman–Crippen MR) is 86.2 cm³/mol. The zero-order valence-electron chi connectivity index (χ0n) is 12.0. The molecule has 0 atom stereocenters. The van der Waals surface area contributed by atoms with Gasteiger partial charge in [0.25, 0.3) is 0 Å². The highest BCUT2D eigenvalue weighted by Gasteiger charge is 2.19. The van der Waals surface area contributed by atoms with Crippen molar-refractivity contribution >= 4 is 33.2 Å². The quantitative estimate of drug-likeness (QED) is 0.862. The van der Waals surface area contributed by atoms with Crippen molar-refractivity contribution in [1.29, 1.82) is 0 Å². The van der Waals surface area contributed by atoms with Crippen molar-refractivity contribution in [2.24, 2.45) is 0 Å². The van der Waals surface area contributed by atoms with Crippen molar-refractivity contribution in [1.82, 2.24) is 4.98 Å². The van der Waals surface area contributed by atoms with Crippen LogP contribution in [-0.2, 0) is 12.0 Å². The van der Waals surface area contributed by atoms with Gasteiger partial charge in [-0.1, -0.05) is 26.8 Å². The Kier molecular flexibility index (Phi) is 4.68. The number of carbonyl (C=O) groups is 1. The second-order valence-corrected chi connectivity index (χ2v) is 7.38. The van der Waals surface area contributed by atoms with Crippen LogP contribution in [-0.4, -0.2) is 16.1 Å². The fraction of sp³-hybridized carbons (Fsp3) is 0.333. The molecule has 0 aliphatic carbocycles. The van der Waals surface area contributed by atoms with Crippen molar-refractivity contribution in [2.45, 2.75) is 32.8 Å². The molecule has 1 aromatic carbocycles. The predicted octanol–water partition coefficient (Wildman–Crippen LogP) is 4.48. The summed E-state index contributed by atoms with van der Waals surface area (Å²) in [5.74, 6) is -0.682. The van der Waals surface area contributed by atoms with E-state index in [-0.39, 0.29) is 17.6 Å². The van der Waals surface area contributed by atoms with Crippen LogP contribution in [0.25, 0.3) is 0 Å². The summed E-state index contributed by atoms with van der Waals surface area (Å²) in [4.78, 5) is 15.7.